The van der Waals surface area contributed by atoms with Crippen molar-refractivity contribution in [2.24, 2.45) is 0 Å². The van der Waals surface area contributed by atoms with Crippen molar-refractivity contribution in [2.75, 3.05) is 30.4 Å². The van der Waals surface area contributed by atoms with Gasteiger partial charge in [-0.1, -0.05) is 6.07 Å². The van der Waals surface area contributed by atoms with E-state index >= 15 is 0 Å². The Labute approximate surface area is 199 Å². The van der Waals surface area contributed by atoms with Crippen LogP contribution in [0.25, 0.3) is 0 Å². The second kappa shape index (κ2) is 9.31. The fourth-order valence-corrected chi connectivity index (χ4v) is 6.45. The highest BCUT2D eigenvalue weighted by molar-refractivity contribution is 7.94. The fraction of sp³-hybridized carbons (Fsp3) is 0.227. The van der Waals surface area contributed by atoms with Gasteiger partial charge in [0.25, 0.3) is 21.6 Å². The number of benzene rings is 2. The SMILES string of the molecule is COc1cc(C(=O)Nc2ccc3c(c2)CCCN3S(=O)(=O)c2cccs2)c([N+](=O)[O-])cc1OC. The predicted molar refractivity (Wildman–Crippen MR) is 128 cm³/mol. The minimum absolute atomic E-state index is 0.131. The lowest BCUT2D eigenvalue weighted by Crippen LogP contribution is -2.35. The van der Waals surface area contributed by atoms with Crippen LogP contribution in [0.4, 0.5) is 17.1 Å². The number of hydrogen-bond donors (Lipinski definition) is 1. The van der Waals surface area contributed by atoms with Crippen molar-refractivity contribution >= 4 is 44.3 Å². The molecule has 1 aliphatic rings. The van der Waals surface area contributed by atoms with Crippen LogP contribution >= 0.6 is 11.3 Å². The van der Waals surface area contributed by atoms with E-state index < -0.39 is 26.5 Å². The smallest absolute Gasteiger partial charge is 0.286 e. The van der Waals surface area contributed by atoms with E-state index in [1.165, 1.54) is 24.6 Å². The third-order valence-corrected chi connectivity index (χ3v) is 8.58. The van der Waals surface area contributed by atoms with E-state index in [1.807, 2.05) is 0 Å². The Bertz CT molecular complexity index is 1360. The summed E-state index contributed by atoms with van der Waals surface area (Å²) in [6, 6.07) is 10.5. The Morgan fingerprint density at radius 1 is 1.15 bits per heavy atom. The first-order chi connectivity index (χ1) is 16.3. The Morgan fingerprint density at radius 3 is 2.53 bits per heavy atom. The Morgan fingerprint density at radius 2 is 1.88 bits per heavy atom. The monoisotopic (exact) mass is 503 g/mol. The van der Waals surface area contributed by atoms with E-state index in [0.717, 1.165) is 23.0 Å². The average molecular weight is 504 g/mol. The van der Waals surface area contributed by atoms with Gasteiger partial charge < -0.3 is 14.8 Å². The number of methoxy groups -OCH3 is 2. The predicted octanol–water partition coefficient (Wildman–Crippen LogP) is 4.07. The highest BCUT2D eigenvalue weighted by Crippen LogP contribution is 2.37. The Kier molecular flexibility index (Phi) is 6.44. The van der Waals surface area contributed by atoms with Gasteiger partial charge in [0, 0.05) is 18.3 Å². The van der Waals surface area contributed by atoms with Crippen LogP contribution in [0.2, 0.25) is 0 Å². The second-order valence-electron chi connectivity index (χ2n) is 7.39. The molecule has 1 amide bonds. The molecule has 1 aliphatic heterocycles. The number of carbonyl (C=O) groups excluding carboxylic acids is 1. The van der Waals surface area contributed by atoms with E-state index in [0.29, 0.717) is 30.8 Å². The maximum absolute atomic E-state index is 13.1. The minimum Gasteiger partial charge on any atom is -0.493 e. The molecule has 1 aromatic heterocycles. The standard InChI is InChI=1S/C22H21N3O7S2/c1-31-19-12-16(18(25(27)28)13-20(19)32-2)22(26)23-15-7-8-17-14(11-15)5-3-9-24(17)34(29,30)21-6-4-10-33-21/h4,6-8,10-13H,3,5,9H2,1-2H3,(H,23,26). The van der Waals surface area contributed by atoms with Gasteiger partial charge in [0.1, 0.15) is 9.77 Å². The number of rotatable bonds is 7. The second-order valence-corrected chi connectivity index (χ2v) is 10.4. The molecule has 12 heteroatoms. The quantitative estimate of drug-likeness (QED) is 0.380. The summed E-state index contributed by atoms with van der Waals surface area (Å²) < 4.78 is 38.0. The van der Waals surface area contributed by atoms with Crippen LogP contribution in [0.1, 0.15) is 22.3 Å². The number of ether oxygens (including phenoxy) is 2. The van der Waals surface area contributed by atoms with Crippen LogP contribution in [0.3, 0.4) is 0 Å². The average Bonchev–Trinajstić information content (AvgIpc) is 3.38. The molecule has 0 aliphatic carbocycles. The third kappa shape index (κ3) is 4.29. The summed E-state index contributed by atoms with van der Waals surface area (Å²) in [5, 5.41) is 15.9. The minimum atomic E-state index is -3.68. The normalized spacial score (nSPS) is 13.2. The number of carbonyl (C=O) groups is 1. The molecule has 2 heterocycles. The number of hydrogen-bond acceptors (Lipinski definition) is 8. The lowest BCUT2D eigenvalue weighted by Gasteiger charge is -2.30. The van der Waals surface area contributed by atoms with E-state index in [4.69, 9.17) is 9.47 Å². The van der Waals surface area contributed by atoms with Gasteiger partial charge in [-0.3, -0.25) is 19.2 Å². The van der Waals surface area contributed by atoms with Gasteiger partial charge in [-0.05, 0) is 48.1 Å². The Balaban J connectivity index is 1.65. The summed E-state index contributed by atoms with van der Waals surface area (Å²) in [6.07, 6.45) is 1.25. The van der Waals surface area contributed by atoms with Crippen LogP contribution < -0.4 is 19.1 Å². The maximum atomic E-state index is 13.1. The molecule has 10 nitrogen and oxygen atoms in total. The van der Waals surface area contributed by atoms with Gasteiger partial charge in [-0.25, -0.2) is 8.42 Å². The molecule has 0 atom stereocenters. The fourth-order valence-electron chi connectivity index (χ4n) is 3.81. The van der Waals surface area contributed by atoms with Crippen LogP contribution in [-0.2, 0) is 16.4 Å². The van der Waals surface area contributed by atoms with E-state index in [9.17, 15) is 23.3 Å². The number of nitro groups is 1. The maximum Gasteiger partial charge on any atom is 0.286 e. The first kappa shape index (κ1) is 23.5. The first-order valence-corrected chi connectivity index (χ1v) is 12.5. The molecule has 3 aromatic rings. The van der Waals surface area contributed by atoms with E-state index in [1.54, 1.807) is 35.7 Å². The molecular formula is C22H21N3O7S2. The van der Waals surface area contributed by atoms with Gasteiger partial charge >= 0.3 is 0 Å². The van der Waals surface area contributed by atoms with Gasteiger partial charge in [-0.2, -0.15) is 0 Å². The van der Waals surface area contributed by atoms with Crippen LogP contribution in [-0.4, -0.2) is 40.0 Å². The molecule has 0 saturated heterocycles. The summed E-state index contributed by atoms with van der Waals surface area (Å²) in [4.78, 5) is 23.8. The zero-order valence-electron chi connectivity index (χ0n) is 18.3. The zero-order valence-corrected chi connectivity index (χ0v) is 19.9. The van der Waals surface area contributed by atoms with Gasteiger partial charge in [0.15, 0.2) is 11.5 Å². The summed E-state index contributed by atoms with van der Waals surface area (Å²) in [7, 11) is -0.967. The zero-order chi connectivity index (χ0) is 24.5. The van der Waals surface area contributed by atoms with Crippen LogP contribution in [0, 0.1) is 10.1 Å². The molecule has 0 unspecified atom stereocenters. The summed E-state index contributed by atoms with van der Waals surface area (Å²) in [6.45, 7) is 0.358. The molecule has 2 aromatic carbocycles. The molecule has 0 radical (unpaired) electrons. The van der Waals surface area contributed by atoms with E-state index in [2.05, 4.69) is 5.32 Å². The van der Waals surface area contributed by atoms with Gasteiger partial charge in [-0.15, -0.1) is 11.3 Å². The first-order valence-electron chi connectivity index (χ1n) is 10.2. The van der Waals surface area contributed by atoms with Crippen molar-refractivity contribution < 1.29 is 27.6 Å². The molecule has 4 rings (SSSR count). The van der Waals surface area contributed by atoms with Crippen molar-refractivity contribution in [1.29, 1.82) is 0 Å². The highest BCUT2D eigenvalue weighted by Gasteiger charge is 2.30. The third-order valence-electron chi connectivity index (χ3n) is 5.40. The number of amides is 1. The number of sulfonamides is 1. The summed E-state index contributed by atoms with van der Waals surface area (Å²) in [5.41, 5.74) is 1.08. The number of thiophene rings is 1. The van der Waals surface area contributed by atoms with Crippen molar-refractivity contribution in [1.82, 2.24) is 0 Å². The van der Waals surface area contributed by atoms with Crippen molar-refractivity contribution in [3.63, 3.8) is 0 Å². The molecule has 34 heavy (non-hydrogen) atoms. The molecule has 178 valence electrons. The lowest BCUT2D eigenvalue weighted by molar-refractivity contribution is -0.385. The summed E-state index contributed by atoms with van der Waals surface area (Å²) in [5.74, 6) is -0.392. The van der Waals surface area contributed by atoms with Gasteiger partial charge in [0.05, 0.1) is 30.9 Å². The topological polar surface area (TPSA) is 128 Å². The van der Waals surface area contributed by atoms with Crippen molar-refractivity contribution in [3.05, 3.63) is 69.1 Å². The van der Waals surface area contributed by atoms with Gasteiger partial charge in [0.2, 0.25) is 0 Å². The number of aryl methyl sites for hydroxylation is 1. The molecule has 0 saturated carbocycles. The molecule has 0 fully saturated rings. The Hall–Kier alpha value is -3.64. The van der Waals surface area contributed by atoms with E-state index in [-0.39, 0.29) is 21.3 Å². The lowest BCUT2D eigenvalue weighted by atomic mass is 10.0. The van der Waals surface area contributed by atoms with Crippen LogP contribution in [0.15, 0.2) is 52.1 Å². The number of nitro benzene ring substituents is 1. The van der Waals surface area contributed by atoms with Crippen LogP contribution in [0.5, 0.6) is 11.5 Å². The van der Waals surface area contributed by atoms with Crippen molar-refractivity contribution in [3.8, 4) is 11.5 Å². The number of nitrogens with one attached hydrogen (secondary N) is 1. The molecule has 0 spiro atoms. The summed E-state index contributed by atoms with van der Waals surface area (Å²) >= 11 is 1.16. The largest absolute Gasteiger partial charge is 0.493 e. The number of nitrogens with zero attached hydrogens (tertiary/aromatic N) is 2. The number of fused-ring (bicyclic) bond motifs is 1. The number of anilines is 2. The highest BCUT2D eigenvalue weighted by atomic mass is 32.2. The molecular weight excluding hydrogens is 482 g/mol. The molecule has 0 bridgehead atoms. The molecule has 1 N–H and O–H groups in total. The van der Waals surface area contributed by atoms with Crippen molar-refractivity contribution in [2.45, 2.75) is 17.1 Å².